The second kappa shape index (κ2) is 5.54. The molecule has 0 unspecified atom stereocenters. The van der Waals surface area contributed by atoms with Gasteiger partial charge in [-0.2, -0.15) is 13.2 Å². The lowest BCUT2D eigenvalue weighted by molar-refractivity contribution is -0.384. The number of halogens is 4. The van der Waals surface area contributed by atoms with E-state index >= 15 is 0 Å². The highest BCUT2D eigenvalue weighted by molar-refractivity contribution is 6.33. The summed E-state index contributed by atoms with van der Waals surface area (Å²) in [6, 6.07) is 1.83. The summed E-state index contributed by atoms with van der Waals surface area (Å²) in [6.07, 6.45) is -3.23. The van der Waals surface area contributed by atoms with Gasteiger partial charge in [-0.05, 0) is 5.53 Å². The number of nitrogens with zero attached hydrogens (tertiary/aromatic N) is 6. The number of benzene rings is 1. The second-order valence-corrected chi connectivity index (χ2v) is 4.31. The molecule has 0 fully saturated rings. The van der Waals surface area contributed by atoms with E-state index in [1.165, 1.54) is 0 Å². The third-order valence-electron chi connectivity index (χ3n) is 2.52. The van der Waals surface area contributed by atoms with Crippen LogP contribution >= 0.6 is 11.6 Å². The van der Waals surface area contributed by atoms with E-state index in [1.807, 2.05) is 0 Å². The molecule has 0 atom stereocenters. The number of alkyl halides is 3. The molecule has 0 saturated carbocycles. The first-order valence-electron chi connectivity index (χ1n) is 5.38. The summed E-state index contributed by atoms with van der Waals surface area (Å²) in [5.41, 5.74) is 6.39. The van der Waals surface area contributed by atoms with Gasteiger partial charge in [0, 0.05) is 23.2 Å². The first kappa shape index (κ1) is 15.6. The van der Waals surface area contributed by atoms with Crippen LogP contribution in [0.3, 0.4) is 0 Å². The zero-order valence-corrected chi connectivity index (χ0v) is 11.1. The fourth-order valence-electron chi connectivity index (χ4n) is 1.65. The van der Waals surface area contributed by atoms with Crippen molar-refractivity contribution in [1.82, 2.24) is 9.55 Å². The Bertz CT molecular complexity index is 796. The number of nitro benzene ring substituents is 1. The molecule has 0 saturated heterocycles. The molecular weight excluding hydrogens is 329 g/mol. The number of nitro groups is 1. The maximum atomic E-state index is 12.6. The molecule has 2 aromatic rings. The lowest BCUT2D eigenvalue weighted by Gasteiger charge is -2.08. The predicted molar refractivity (Wildman–Crippen MR) is 69.0 cm³/mol. The van der Waals surface area contributed by atoms with Crippen LogP contribution in [0.4, 0.5) is 24.5 Å². The normalized spacial score (nSPS) is 11.1. The van der Waals surface area contributed by atoms with Crippen molar-refractivity contribution in [3.8, 4) is 5.69 Å². The Balaban J connectivity index is 2.66. The molecule has 1 aromatic heterocycles. The lowest BCUT2D eigenvalue weighted by Crippen LogP contribution is -2.05. The Labute approximate surface area is 124 Å². The van der Waals surface area contributed by atoms with Crippen LogP contribution < -0.4 is 0 Å². The van der Waals surface area contributed by atoms with Crippen LogP contribution in [0.15, 0.2) is 29.8 Å². The monoisotopic (exact) mass is 332 g/mol. The molecule has 114 valence electrons. The highest BCUT2D eigenvalue weighted by Crippen LogP contribution is 2.37. The third-order valence-corrected chi connectivity index (χ3v) is 2.81. The maximum absolute atomic E-state index is 12.6. The topological polar surface area (TPSA) is 110 Å². The molecule has 1 aromatic carbocycles. The number of imidazole rings is 1. The van der Waals surface area contributed by atoms with Crippen molar-refractivity contribution in [2.24, 2.45) is 5.11 Å². The smallest absolute Gasteiger partial charge is 0.304 e. The molecule has 0 bridgehead atoms. The van der Waals surface area contributed by atoms with Gasteiger partial charge in [0.25, 0.3) is 5.69 Å². The molecule has 0 amide bonds. The van der Waals surface area contributed by atoms with Crippen molar-refractivity contribution in [3.63, 3.8) is 0 Å². The van der Waals surface area contributed by atoms with E-state index in [9.17, 15) is 23.3 Å². The van der Waals surface area contributed by atoms with Crippen LogP contribution in [0.5, 0.6) is 0 Å². The first-order chi connectivity index (χ1) is 10.2. The van der Waals surface area contributed by atoms with Gasteiger partial charge in [-0.15, -0.1) is 0 Å². The summed E-state index contributed by atoms with van der Waals surface area (Å²) >= 11 is 5.85. The Hall–Kier alpha value is -2.78. The lowest BCUT2D eigenvalue weighted by atomic mass is 10.2. The summed E-state index contributed by atoms with van der Waals surface area (Å²) in [5.74, 6) is 0. The first-order valence-corrected chi connectivity index (χ1v) is 5.76. The molecule has 0 spiro atoms. The quantitative estimate of drug-likeness (QED) is 0.273. The van der Waals surface area contributed by atoms with Gasteiger partial charge >= 0.3 is 6.18 Å². The van der Waals surface area contributed by atoms with E-state index in [0.717, 1.165) is 23.0 Å². The fourth-order valence-corrected chi connectivity index (χ4v) is 1.95. The van der Waals surface area contributed by atoms with Crippen LogP contribution in [0, 0.1) is 10.1 Å². The number of non-ortho nitro benzene ring substituents is 1. The van der Waals surface area contributed by atoms with Crippen LogP contribution in [-0.2, 0) is 6.18 Å². The number of hydrogen-bond acceptors (Lipinski definition) is 4. The molecule has 1 heterocycles. The van der Waals surface area contributed by atoms with E-state index in [1.54, 1.807) is 0 Å². The molecule has 0 radical (unpaired) electrons. The van der Waals surface area contributed by atoms with Gasteiger partial charge in [0.15, 0.2) is 5.69 Å². The number of hydrogen-bond donors (Lipinski definition) is 0. The number of aromatic nitrogens is 2. The third kappa shape index (κ3) is 2.95. The number of azide groups is 1. The van der Waals surface area contributed by atoms with Crippen molar-refractivity contribution in [3.05, 3.63) is 55.9 Å². The molecule has 12 heteroatoms. The van der Waals surface area contributed by atoms with Crippen molar-refractivity contribution in [2.45, 2.75) is 6.18 Å². The summed E-state index contributed by atoms with van der Waals surface area (Å²) in [6.45, 7) is 0. The highest BCUT2D eigenvalue weighted by Gasteiger charge is 2.34. The van der Waals surface area contributed by atoms with Crippen molar-refractivity contribution >= 4 is 23.0 Å². The van der Waals surface area contributed by atoms with Gasteiger partial charge in [-0.1, -0.05) is 16.7 Å². The summed E-state index contributed by atoms with van der Waals surface area (Å²) < 4.78 is 38.5. The number of rotatable bonds is 3. The van der Waals surface area contributed by atoms with Crippen molar-refractivity contribution in [2.75, 3.05) is 0 Å². The standard InChI is InChI=1S/C10H4ClF3N6O2/c11-6-1-5(20(21)22)2-7(17-18-15)9(6)19-3-8(16-4-19)10(12,13)14/h1-4H. The molecule has 2 rings (SSSR count). The van der Waals surface area contributed by atoms with Gasteiger partial charge in [0.1, 0.15) is 0 Å². The Morgan fingerprint density at radius 1 is 1.45 bits per heavy atom. The van der Waals surface area contributed by atoms with E-state index < -0.39 is 22.5 Å². The van der Waals surface area contributed by atoms with E-state index in [2.05, 4.69) is 15.0 Å². The average Bonchev–Trinajstić information content (AvgIpc) is 2.87. The zero-order chi connectivity index (χ0) is 16.5. The Morgan fingerprint density at radius 3 is 2.64 bits per heavy atom. The maximum Gasteiger partial charge on any atom is 0.434 e. The summed E-state index contributed by atoms with van der Waals surface area (Å²) in [4.78, 5) is 15.6. The largest absolute Gasteiger partial charge is 0.434 e. The predicted octanol–water partition coefficient (Wildman–Crippen LogP) is 4.39. The summed E-state index contributed by atoms with van der Waals surface area (Å²) in [7, 11) is 0. The minimum atomic E-state index is -4.67. The minimum absolute atomic E-state index is 0.145. The van der Waals surface area contributed by atoms with Gasteiger partial charge in [-0.25, -0.2) is 4.98 Å². The van der Waals surface area contributed by atoms with Gasteiger partial charge in [0.05, 0.1) is 27.6 Å². The van der Waals surface area contributed by atoms with Crippen molar-refractivity contribution in [1.29, 1.82) is 0 Å². The fraction of sp³-hybridized carbons (Fsp3) is 0.100. The SMILES string of the molecule is [N-]=[N+]=Nc1cc([N+](=O)[O-])cc(Cl)c1-n1cnc(C(F)(F)F)c1. The van der Waals surface area contributed by atoms with Gasteiger partial charge in [-0.3, -0.25) is 10.1 Å². The van der Waals surface area contributed by atoms with E-state index in [4.69, 9.17) is 17.1 Å². The Morgan fingerprint density at radius 2 is 2.14 bits per heavy atom. The molecular formula is C10H4ClF3N6O2. The molecule has 0 N–H and O–H groups in total. The minimum Gasteiger partial charge on any atom is -0.304 e. The zero-order valence-electron chi connectivity index (χ0n) is 10.3. The van der Waals surface area contributed by atoms with Crippen molar-refractivity contribution < 1.29 is 18.1 Å². The van der Waals surface area contributed by atoms with Gasteiger partial charge in [0.2, 0.25) is 0 Å². The van der Waals surface area contributed by atoms with Crippen LogP contribution in [0.25, 0.3) is 16.1 Å². The molecule has 22 heavy (non-hydrogen) atoms. The molecule has 0 aliphatic rings. The average molecular weight is 333 g/mol. The second-order valence-electron chi connectivity index (χ2n) is 3.91. The molecule has 0 aliphatic heterocycles. The Kier molecular flexibility index (Phi) is 3.93. The van der Waals surface area contributed by atoms with E-state index in [-0.39, 0.29) is 16.4 Å². The summed E-state index contributed by atoms with van der Waals surface area (Å²) in [5, 5.41) is 13.7. The molecule has 0 aliphatic carbocycles. The van der Waals surface area contributed by atoms with Gasteiger partial charge < -0.3 is 4.57 Å². The van der Waals surface area contributed by atoms with E-state index in [0.29, 0.717) is 6.20 Å². The van der Waals surface area contributed by atoms with Crippen LogP contribution in [0.1, 0.15) is 5.69 Å². The highest BCUT2D eigenvalue weighted by atomic mass is 35.5. The van der Waals surface area contributed by atoms with Crippen LogP contribution in [-0.4, -0.2) is 14.5 Å². The van der Waals surface area contributed by atoms with Crippen LogP contribution in [0.2, 0.25) is 5.02 Å². The molecule has 8 nitrogen and oxygen atoms in total.